The van der Waals surface area contributed by atoms with Crippen LogP contribution >= 0.6 is 12.2 Å². The van der Waals surface area contributed by atoms with E-state index in [4.69, 9.17) is 12.2 Å². The van der Waals surface area contributed by atoms with Crippen LogP contribution in [0.1, 0.15) is 22.3 Å². The molecule has 0 aromatic heterocycles. The van der Waals surface area contributed by atoms with E-state index in [2.05, 4.69) is 6.08 Å². The van der Waals surface area contributed by atoms with Crippen LogP contribution in [0.15, 0.2) is 115 Å². The first-order valence-electron chi connectivity index (χ1n) is 10.2. The van der Waals surface area contributed by atoms with Crippen molar-refractivity contribution < 1.29 is 8.78 Å². The largest absolute Gasteiger partial charge is 0.207 e. The van der Waals surface area contributed by atoms with Crippen LogP contribution in [0.3, 0.4) is 0 Å². The fourth-order valence-electron chi connectivity index (χ4n) is 3.42. The number of halogens is 2. The Bertz CT molecular complexity index is 1250. The molecule has 0 unspecified atom stereocenters. The zero-order valence-electron chi connectivity index (χ0n) is 17.2. The molecule has 4 aromatic carbocycles. The minimum Gasteiger partial charge on any atom is -0.207 e. The Kier molecular flexibility index (Phi) is 6.78. The van der Waals surface area contributed by atoms with Crippen molar-refractivity contribution in [3.63, 3.8) is 0 Å². The Hall–Kier alpha value is -3.69. The quantitative estimate of drug-likeness (QED) is 0.0966. The summed E-state index contributed by atoms with van der Waals surface area (Å²) in [7, 11) is 0. The van der Waals surface area contributed by atoms with Gasteiger partial charge in [-0.05, 0) is 69.8 Å². The van der Waals surface area contributed by atoms with Gasteiger partial charge in [-0.2, -0.15) is 0 Å². The molecule has 0 fully saturated rings. The molecule has 0 aliphatic carbocycles. The molecular weight excluding hydrogens is 418 g/mol. The second kappa shape index (κ2) is 10.1. The Morgan fingerprint density at radius 2 is 1.00 bits per heavy atom. The van der Waals surface area contributed by atoms with Gasteiger partial charge in [0.15, 0.2) is 0 Å². The summed E-state index contributed by atoms with van der Waals surface area (Å²) in [6, 6.07) is 32.5. The summed E-state index contributed by atoms with van der Waals surface area (Å²) in [6.45, 7) is 0. The number of hydrogen-bond donors (Lipinski definition) is 0. The van der Waals surface area contributed by atoms with Gasteiger partial charge in [-0.15, -0.1) is 0 Å². The molecule has 0 aliphatic rings. The lowest BCUT2D eigenvalue weighted by molar-refractivity contribution is 0.627. The predicted octanol–water partition coefficient (Wildman–Crippen LogP) is 8.01. The smallest absolute Gasteiger partial charge is 0.123 e. The fourth-order valence-corrected chi connectivity index (χ4v) is 3.68. The summed E-state index contributed by atoms with van der Waals surface area (Å²) in [5.74, 6) is -0.598. The van der Waals surface area contributed by atoms with E-state index >= 15 is 0 Å². The SMILES string of the molecule is Fc1ccc(C(=S)/C=C(\C(=C\c2ccccc2)c2ccc(F)cc2)c2ccccc2)cc1. The Labute approximate surface area is 192 Å². The molecule has 156 valence electrons. The molecular formula is C29H20F2S. The van der Waals surface area contributed by atoms with E-state index in [0.717, 1.165) is 33.4 Å². The van der Waals surface area contributed by atoms with Crippen molar-refractivity contribution in [1.82, 2.24) is 0 Å². The topological polar surface area (TPSA) is 0 Å². The van der Waals surface area contributed by atoms with E-state index in [1.165, 1.54) is 24.3 Å². The molecule has 0 nitrogen and oxygen atoms in total. The Morgan fingerprint density at radius 1 is 0.531 bits per heavy atom. The predicted molar refractivity (Wildman–Crippen MR) is 133 cm³/mol. The van der Waals surface area contributed by atoms with Gasteiger partial charge in [0.2, 0.25) is 0 Å². The minimum atomic E-state index is -0.306. The summed E-state index contributed by atoms with van der Waals surface area (Å²) in [5.41, 5.74) is 5.42. The van der Waals surface area contributed by atoms with E-state index in [1.54, 1.807) is 24.3 Å². The highest BCUT2D eigenvalue weighted by molar-refractivity contribution is 7.81. The first-order chi connectivity index (χ1) is 15.6. The van der Waals surface area contributed by atoms with Crippen LogP contribution < -0.4 is 0 Å². The second-order valence-corrected chi connectivity index (χ2v) is 7.71. The number of hydrogen-bond acceptors (Lipinski definition) is 1. The number of thiocarbonyl (C=S) groups is 1. The number of benzene rings is 4. The van der Waals surface area contributed by atoms with Gasteiger partial charge < -0.3 is 0 Å². The average molecular weight is 439 g/mol. The minimum absolute atomic E-state index is 0.292. The molecule has 0 atom stereocenters. The number of allylic oxidation sites excluding steroid dienone is 3. The van der Waals surface area contributed by atoms with Crippen LogP contribution in [0, 0.1) is 11.6 Å². The standard InChI is InChI=1S/C29H20F2S/c30-25-15-11-23(12-16-25)27(19-21-7-3-1-4-8-21)28(22-9-5-2-6-10-22)20-29(32)24-13-17-26(31)18-14-24/h1-20H/b27-19+,28-20-. The highest BCUT2D eigenvalue weighted by Gasteiger charge is 2.13. The molecule has 0 radical (unpaired) electrons. The molecule has 32 heavy (non-hydrogen) atoms. The van der Waals surface area contributed by atoms with Crippen LogP contribution in [0.2, 0.25) is 0 Å². The monoisotopic (exact) mass is 438 g/mol. The lowest BCUT2D eigenvalue weighted by Crippen LogP contribution is -1.98. The van der Waals surface area contributed by atoms with Crippen LogP contribution in [0.25, 0.3) is 17.2 Å². The van der Waals surface area contributed by atoms with Gasteiger partial charge in [-0.1, -0.05) is 97.1 Å². The van der Waals surface area contributed by atoms with Gasteiger partial charge in [-0.3, -0.25) is 0 Å². The average Bonchev–Trinajstić information content (AvgIpc) is 2.83. The normalized spacial score (nSPS) is 11.9. The van der Waals surface area contributed by atoms with Crippen molar-refractivity contribution in [3.05, 3.63) is 149 Å². The van der Waals surface area contributed by atoms with Gasteiger partial charge in [-0.25, -0.2) is 8.78 Å². The van der Waals surface area contributed by atoms with Crippen molar-refractivity contribution in [2.45, 2.75) is 0 Å². The Morgan fingerprint density at radius 3 is 1.56 bits per heavy atom. The van der Waals surface area contributed by atoms with Crippen LogP contribution in [-0.4, -0.2) is 4.86 Å². The first kappa shape index (κ1) is 21.5. The summed E-state index contributed by atoms with van der Waals surface area (Å²) < 4.78 is 27.1. The van der Waals surface area contributed by atoms with Crippen LogP contribution in [0.5, 0.6) is 0 Å². The summed E-state index contributed by atoms with van der Waals surface area (Å²) in [5, 5.41) is 0. The Balaban J connectivity index is 1.91. The summed E-state index contributed by atoms with van der Waals surface area (Å²) in [6.07, 6.45) is 4.00. The maximum atomic E-state index is 13.7. The highest BCUT2D eigenvalue weighted by Crippen LogP contribution is 2.34. The third kappa shape index (κ3) is 5.32. The molecule has 4 aromatic rings. The molecule has 0 saturated carbocycles. The molecule has 0 saturated heterocycles. The fraction of sp³-hybridized carbons (Fsp3) is 0. The molecule has 0 bridgehead atoms. The highest BCUT2D eigenvalue weighted by atomic mass is 32.1. The van der Waals surface area contributed by atoms with Crippen LogP contribution in [-0.2, 0) is 0 Å². The lowest BCUT2D eigenvalue weighted by Gasteiger charge is -2.15. The van der Waals surface area contributed by atoms with Gasteiger partial charge in [0.05, 0.1) is 0 Å². The summed E-state index contributed by atoms with van der Waals surface area (Å²) in [4.78, 5) is 0.588. The van der Waals surface area contributed by atoms with Crippen molar-refractivity contribution in [2.24, 2.45) is 0 Å². The third-order valence-corrected chi connectivity index (χ3v) is 5.40. The second-order valence-electron chi connectivity index (χ2n) is 7.27. The van der Waals surface area contributed by atoms with Crippen molar-refractivity contribution in [1.29, 1.82) is 0 Å². The molecule has 0 N–H and O–H groups in total. The zero-order chi connectivity index (χ0) is 22.3. The maximum Gasteiger partial charge on any atom is 0.123 e. The number of rotatable bonds is 6. The van der Waals surface area contributed by atoms with E-state index in [0.29, 0.717) is 4.86 Å². The van der Waals surface area contributed by atoms with Gasteiger partial charge in [0.25, 0.3) is 0 Å². The van der Waals surface area contributed by atoms with E-state index in [1.807, 2.05) is 66.7 Å². The van der Waals surface area contributed by atoms with Crippen molar-refractivity contribution in [2.75, 3.05) is 0 Å². The zero-order valence-corrected chi connectivity index (χ0v) is 18.0. The molecule has 0 amide bonds. The first-order valence-corrected chi connectivity index (χ1v) is 10.6. The van der Waals surface area contributed by atoms with Crippen molar-refractivity contribution >= 4 is 34.3 Å². The van der Waals surface area contributed by atoms with Crippen molar-refractivity contribution in [3.8, 4) is 0 Å². The van der Waals surface area contributed by atoms with E-state index < -0.39 is 0 Å². The molecule has 4 rings (SSSR count). The maximum absolute atomic E-state index is 13.7. The molecule has 3 heteroatoms. The molecule has 0 aliphatic heterocycles. The van der Waals surface area contributed by atoms with E-state index in [-0.39, 0.29) is 11.6 Å². The third-order valence-electron chi connectivity index (χ3n) is 5.04. The van der Waals surface area contributed by atoms with Gasteiger partial charge >= 0.3 is 0 Å². The van der Waals surface area contributed by atoms with Gasteiger partial charge in [0.1, 0.15) is 11.6 Å². The summed E-state index contributed by atoms with van der Waals surface area (Å²) >= 11 is 5.71. The molecule has 0 heterocycles. The molecule has 0 spiro atoms. The van der Waals surface area contributed by atoms with E-state index in [9.17, 15) is 8.78 Å². The van der Waals surface area contributed by atoms with Gasteiger partial charge in [0, 0.05) is 4.86 Å². The lowest BCUT2D eigenvalue weighted by atomic mass is 9.89. The van der Waals surface area contributed by atoms with Crippen LogP contribution in [0.4, 0.5) is 8.78 Å².